The van der Waals surface area contributed by atoms with Crippen LogP contribution in [0.4, 0.5) is 5.82 Å². The molecule has 3 aromatic rings. The molecule has 0 atom stereocenters. The van der Waals surface area contributed by atoms with Crippen LogP contribution in [-0.4, -0.2) is 10.9 Å². The molecule has 0 radical (unpaired) electrons. The predicted octanol–water partition coefficient (Wildman–Crippen LogP) is 5.39. The van der Waals surface area contributed by atoms with E-state index in [2.05, 4.69) is 26.2 Å². The Morgan fingerprint density at radius 1 is 1.29 bits per heavy atom. The number of hydrogen-bond acceptors (Lipinski definition) is 4. The first-order valence-corrected chi connectivity index (χ1v) is 9.04. The zero-order valence-electron chi connectivity index (χ0n) is 12.3. The number of carbonyl (C=O) groups is 1. The number of hydrogen-bond donors (Lipinski definition) is 1. The van der Waals surface area contributed by atoms with Crippen LogP contribution in [-0.2, 0) is 6.61 Å². The smallest absolute Gasteiger partial charge is 0.266 e. The first-order valence-electron chi connectivity index (χ1n) is 6.99. The molecule has 0 spiro atoms. The standard InChI is InChI=1S/C17H12BrClN2O2S/c18-12-4-5-16(20-8-12)21-17(22)15-6-11(10-24-15)9-23-14-3-1-2-13(19)7-14/h1-8,10H,9H2,(H,20,21,22). The fourth-order valence-corrected chi connectivity index (χ4v) is 3.13. The Balaban J connectivity index is 1.60. The highest BCUT2D eigenvalue weighted by molar-refractivity contribution is 9.10. The van der Waals surface area contributed by atoms with E-state index in [0.29, 0.717) is 28.1 Å². The number of aromatic nitrogens is 1. The number of nitrogens with one attached hydrogen (secondary N) is 1. The summed E-state index contributed by atoms with van der Waals surface area (Å²) in [7, 11) is 0. The highest BCUT2D eigenvalue weighted by Gasteiger charge is 2.10. The van der Waals surface area contributed by atoms with Gasteiger partial charge in [0.2, 0.25) is 0 Å². The molecule has 0 saturated carbocycles. The first-order chi connectivity index (χ1) is 11.6. The number of pyridine rings is 1. The van der Waals surface area contributed by atoms with Crippen molar-refractivity contribution >= 4 is 50.6 Å². The van der Waals surface area contributed by atoms with Crippen LogP contribution in [0.25, 0.3) is 0 Å². The molecule has 122 valence electrons. The summed E-state index contributed by atoms with van der Waals surface area (Å²) >= 11 is 10.6. The van der Waals surface area contributed by atoms with Crippen LogP contribution in [0, 0.1) is 0 Å². The Morgan fingerprint density at radius 2 is 2.17 bits per heavy atom. The van der Waals surface area contributed by atoms with Crippen LogP contribution >= 0.6 is 38.9 Å². The third-order valence-electron chi connectivity index (χ3n) is 3.05. The topological polar surface area (TPSA) is 51.2 Å². The van der Waals surface area contributed by atoms with Crippen molar-refractivity contribution in [1.82, 2.24) is 4.98 Å². The van der Waals surface area contributed by atoms with E-state index >= 15 is 0 Å². The molecule has 0 aliphatic rings. The molecule has 2 heterocycles. The molecule has 2 aromatic heterocycles. The molecule has 1 amide bonds. The number of amides is 1. The normalized spacial score (nSPS) is 10.4. The molecule has 0 fully saturated rings. The second kappa shape index (κ2) is 7.79. The van der Waals surface area contributed by atoms with Gasteiger partial charge >= 0.3 is 0 Å². The number of ether oxygens (including phenoxy) is 1. The van der Waals surface area contributed by atoms with Gasteiger partial charge in [0.15, 0.2) is 0 Å². The molecule has 4 nitrogen and oxygen atoms in total. The van der Waals surface area contributed by atoms with E-state index in [1.165, 1.54) is 11.3 Å². The summed E-state index contributed by atoms with van der Waals surface area (Å²) < 4.78 is 6.53. The molecule has 0 bridgehead atoms. The van der Waals surface area contributed by atoms with Crippen molar-refractivity contribution in [2.24, 2.45) is 0 Å². The Labute approximate surface area is 156 Å². The van der Waals surface area contributed by atoms with E-state index in [0.717, 1.165) is 10.0 Å². The summed E-state index contributed by atoms with van der Waals surface area (Å²) in [6.45, 7) is 0.376. The molecule has 0 unspecified atom stereocenters. The van der Waals surface area contributed by atoms with Crippen LogP contribution in [0.15, 0.2) is 58.5 Å². The van der Waals surface area contributed by atoms with Crippen LogP contribution in [0.2, 0.25) is 5.02 Å². The largest absolute Gasteiger partial charge is 0.489 e. The lowest BCUT2D eigenvalue weighted by Gasteiger charge is -2.04. The Kier molecular flexibility index (Phi) is 5.50. The van der Waals surface area contributed by atoms with Gasteiger partial charge in [-0.15, -0.1) is 11.3 Å². The monoisotopic (exact) mass is 422 g/mol. The van der Waals surface area contributed by atoms with Gasteiger partial charge < -0.3 is 10.1 Å². The Hall–Kier alpha value is -1.89. The third-order valence-corrected chi connectivity index (χ3v) is 4.73. The van der Waals surface area contributed by atoms with E-state index in [9.17, 15) is 4.79 Å². The van der Waals surface area contributed by atoms with Gasteiger partial charge in [-0.25, -0.2) is 4.98 Å². The Bertz CT molecular complexity index is 852. The quantitative estimate of drug-likeness (QED) is 0.598. The minimum Gasteiger partial charge on any atom is -0.489 e. The molecule has 0 aliphatic carbocycles. The van der Waals surface area contributed by atoms with Crippen LogP contribution in [0.1, 0.15) is 15.2 Å². The average molecular weight is 424 g/mol. The maximum absolute atomic E-state index is 12.2. The lowest BCUT2D eigenvalue weighted by Crippen LogP contribution is -2.11. The highest BCUT2D eigenvalue weighted by Crippen LogP contribution is 2.21. The van der Waals surface area contributed by atoms with Gasteiger partial charge in [0, 0.05) is 21.3 Å². The minimum atomic E-state index is -0.191. The number of rotatable bonds is 5. The molecule has 1 N–H and O–H groups in total. The van der Waals surface area contributed by atoms with Crippen LogP contribution in [0.5, 0.6) is 5.75 Å². The van der Waals surface area contributed by atoms with E-state index in [1.807, 2.05) is 29.6 Å². The van der Waals surface area contributed by atoms with Crippen LogP contribution < -0.4 is 10.1 Å². The van der Waals surface area contributed by atoms with Crippen molar-refractivity contribution in [3.63, 3.8) is 0 Å². The van der Waals surface area contributed by atoms with Crippen molar-refractivity contribution < 1.29 is 9.53 Å². The SMILES string of the molecule is O=C(Nc1ccc(Br)cn1)c1cc(COc2cccc(Cl)c2)cs1. The number of nitrogens with zero attached hydrogens (tertiary/aromatic N) is 1. The van der Waals surface area contributed by atoms with Crippen molar-refractivity contribution in [3.8, 4) is 5.75 Å². The maximum atomic E-state index is 12.2. The zero-order valence-corrected chi connectivity index (χ0v) is 15.5. The van der Waals surface area contributed by atoms with Crippen LogP contribution in [0.3, 0.4) is 0 Å². The average Bonchev–Trinajstić information content (AvgIpc) is 3.04. The molecule has 1 aromatic carbocycles. The van der Waals surface area contributed by atoms with Gasteiger partial charge in [-0.2, -0.15) is 0 Å². The summed E-state index contributed by atoms with van der Waals surface area (Å²) in [6, 6.07) is 12.6. The molecule has 0 saturated heterocycles. The van der Waals surface area contributed by atoms with Gasteiger partial charge in [0.05, 0.1) is 4.88 Å². The maximum Gasteiger partial charge on any atom is 0.266 e. The minimum absolute atomic E-state index is 0.191. The molecular formula is C17H12BrClN2O2S. The van der Waals surface area contributed by atoms with E-state index in [-0.39, 0.29) is 5.91 Å². The van der Waals surface area contributed by atoms with Gasteiger partial charge in [-0.3, -0.25) is 4.79 Å². The van der Waals surface area contributed by atoms with Crippen molar-refractivity contribution in [1.29, 1.82) is 0 Å². The number of carbonyl (C=O) groups excluding carboxylic acids is 1. The van der Waals surface area contributed by atoms with Crippen molar-refractivity contribution in [2.45, 2.75) is 6.61 Å². The molecule has 0 aliphatic heterocycles. The van der Waals surface area contributed by atoms with E-state index in [1.54, 1.807) is 24.4 Å². The lowest BCUT2D eigenvalue weighted by molar-refractivity contribution is 0.103. The zero-order chi connectivity index (χ0) is 16.9. The summed E-state index contributed by atoms with van der Waals surface area (Å²) in [5, 5.41) is 5.28. The summed E-state index contributed by atoms with van der Waals surface area (Å²) in [4.78, 5) is 16.9. The molecular weight excluding hydrogens is 412 g/mol. The summed E-state index contributed by atoms with van der Waals surface area (Å²) in [5.74, 6) is 1.01. The van der Waals surface area contributed by atoms with Gasteiger partial charge in [-0.1, -0.05) is 17.7 Å². The summed E-state index contributed by atoms with van der Waals surface area (Å²) in [5.41, 5.74) is 0.925. The summed E-state index contributed by atoms with van der Waals surface area (Å²) in [6.07, 6.45) is 1.63. The van der Waals surface area contributed by atoms with E-state index in [4.69, 9.17) is 16.3 Å². The predicted molar refractivity (Wildman–Crippen MR) is 100.0 cm³/mol. The van der Waals surface area contributed by atoms with Crippen molar-refractivity contribution in [3.05, 3.63) is 74.0 Å². The molecule has 24 heavy (non-hydrogen) atoms. The van der Waals surface area contributed by atoms with E-state index < -0.39 is 0 Å². The first kappa shape index (κ1) is 17.0. The highest BCUT2D eigenvalue weighted by atomic mass is 79.9. The fraction of sp³-hybridized carbons (Fsp3) is 0.0588. The number of halogens is 2. The molecule has 7 heteroatoms. The second-order valence-electron chi connectivity index (χ2n) is 4.88. The fourth-order valence-electron chi connectivity index (χ4n) is 1.92. The second-order valence-corrected chi connectivity index (χ2v) is 7.14. The van der Waals surface area contributed by atoms with Gasteiger partial charge in [-0.05, 0) is 57.7 Å². The van der Waals surface area contributed by atoms with Crippen molar-refractivity contribution in [2.75, 3.05) is 5.32 Å². The van der Waals surface area contributed by atoms with Gasteiger partial charge in [0.25, 0.3) is 5.91 Å². The Morgan fingerprint density at radius 3 is 2.92 bits per heavy atom. The number of benzene rings is 1. The lowest BCUT2D eigenvalue weighted by atomic mass is 10.3. The number of thiophene rings is 1. The number of anilines is 1. The third kappa shape index (κ3) is 4.56. The molecule has 3 rings (SSSR count). The van der Waals surface area contributed by atoms with Gasteiger partial charge in [0.1, 0.15) is 18.2 Å².